The van der Waals surface area contributed by atoms with E-state index in [1.54, 1.807) is 6.92 Å². The number of carbonyl (C=O) groups excluding carboxylic acids is 1. The van der Waals surface area contributed by atoms with Crippen molar-refractivity contribution in [2.45, 2.75) is 6.92 Å². The first-order chi connectivity index (χ1) is 6.93. The molecule has 0 aromatic heterocycles. The second kappa shape index (κ2) is 3.91. The van der Waals surface area contributed by atoms with E-state index in [1.807, 2.05) is 0 Å². The number of ketones is 1. The predicted molar refractivity (Wildman–Crippen MR) is 50.1 cm³/mol. The largest absolute Gasteiger partial charge is 0.478 e. The van der Waals surface area contributed by atoms with Crippen molar-refractivity contribution in [3.8, 4) is 0 Å². The first-order valence-electron chi connectivity index (χ1n) is 4.05. The van der Waals surface area contributed by atoms with Gasteiger partial charge in [-0.25, -0.2) is 9.59 Å². The number of Topliss-reactive ketones (excluding diaryl/α,β-unsaturated/α-hetero) is 1. The van der Waals surface area contributed by atoms with Gasteiger partial charge in [-0.1, -0.05) is 11.6 Å². The van der Waals surface area contributed by atoms with E-state index in [0.29, 0.717) is 5.56 Å². The van der Waals surface area contributed by atoms with Crippen LogP contribution in [0.15, 0.2) is 18.2 Å². The molecule has 0 atom stereocenters. The first-order valence-corrected chi connectivity index (χ1v) is 4.05. The fourth-order valence-corrected chi connectivity index (χ4v) is 1.15. The summed E-state index contributed by atoms with van der Waals surface area (Å²) in [5.41, 5.74) is 0.0531. The second-order valence-corrected chi connectivity index (χ2v) is 2.99. The van der Waals surface area contributed by atoms with E-state index in [1.165, 1.54) is 18.2 Å². The van der Waals surface area contributed by atoms with E-state index in [4.69, 9.17) is 10.2 Å². The number of carbonyl (C=O) groups is 3. The van der Waals surface area contributed by atoms with Crippen molar-refractivity contribution < 1.29 is 24.6 Å². The summed E-state index contributed by atoms with van der Waals surface area (Å²) in [6, 6.07) is 3.95. The molecule has 1 aromatic carbocycles. The summed E-state index contributed by atoms with van der Waals surface area (Å²) in [5, 5.41) is 17.2. The van der Waals surface area contributed by atoms with Crippen LogP contribution in [0, 0.1) is 6.92 Å². The minimum atomic E-state index is -1.67. The molecule has 1 aromatic rings. The van der Waals surface area contributed by atoms with Gasteiger partial charge in [0.15, 0.2) is 0 Å². The van der Waals surface area contributed by atoms with Gasteiger partial charge in [0.25, 0.3) is 5.78 Å². The summed E-state index contributed by atoms with van der Waals surface area (Å²) in [4.78, 5) is 32.3. The van der Waals surface area contributed by atoms with Crippen LogP contribution in [0.3, 0.4) is 0 Å². The van der Waals surface area contributed by atoms with Crippen molar-refractivity contribution in [3.63, 3.8) is 0 Å². The van der Waals surface area contributed by atoms with E-state index in [0.717, 1.165) is 0 Å². The van der Waals surface area contributed by atoms with E-state index >= 15 is 0 Å². The number of hydrogen-bond donors (Lipinski definition) is 2. The minimum Gasteiger partial charge on any atom is -0.478 e. The number of rotatable bonds is 3. The summed E-state index contributed by atoms with van der Waals surface area (Å²) in [7, 11) is 0. The molecule has 0 fully saturated rings. The van der Waals surface area contributed by atoms with Crippen molar-refractivity contribution in [1.29, 1.82) is 0 Å². The van der Waals surface area contributed by atoms with Gasteiger partial charge < -0.3 is 10.2 Å². The van der Waals surface area contributed by atoms with E-state index in [2.05, 4.69) is 0 Å². The molecule has 5 heteroatoms. The summed E-state index contributed by atoms with van der Waals surface area (Å²) < 4.78 is 0. The van der Waals surface area contributed by atoms with Crippen LogP contribution < -0.4 is 0 Å². The Balaban J connectivity index is 3.35. The highest BCUT2D eigenvalue weighted by atomic mass is 16.4. The quantitative estimate of drug-likeness (QED) is 0.570. The van der Waals surface area contributed by atoms with Crippen molar-refractivity contribution >= 4 is 17.7 Å². The van der Waals surface area contributed by atoms with Gasteiger partial charge in [0.05, 0.1) is 5.56 Å². The molecule has 78 valence electrons. The first kappa shape index (κ1) is 10.9. The molecule has 0 heterocycles. The number of aryl methyl sites for hydroxylation is 1. The van der Waals surface area contributed by atoms with Crippen LogP contribution in [0.25, 0.3) is 0 Å². The lowest BCUT2D eigenvalue weighted by molar-refractivity contribution is -0.131. The zero-order valence-corrected chi connectivity index (χ0v) is 7.85. The molecule has 0 amide bonds. The lowest BCUT2D eigenvalue weighted by Gasteiger charge is -2.03. The molecule has 0 bridgehead atoms. The maximum absolute atomic E-state index is 11.1. The fraction of sp³-hybridized carbons (Fsp3) is 0.100. The maximum atomic E-state index is 11.1. The Labute approximate surface area is 85.0 Å². The van der Waals surface area contributed by atoms with Crippen LogP contribution in [0.1, 0.15) is 26.3 Å². The van der Waals surface area contributed by atoms with Gasteiger partial charge in [-0.15, -0.1) is 0 Å². The zero-order chi connectivity index (χ0) is 11.6. The minimum absolute atomic E-state index is 0.289. The molecule has 0 aliphatic rings. The molecule has 15 heavy (non-hydrogen) atoms. The Bertz CT molecular complexity index is 447. The Hall–Kier alpha value is -2.17. The third-order valence-electron chi connectivity index (χ3n) is 1.84. The van der Waals surface area contributed by atoms with Gasteiger partial charge in [0.1, 0.15) is 0 Å². The van der Waals surface area contributed by atoms with Crippen LogP contribution in [-0.4, -0.2) is 27.9 Å². The second-order valence-electron chi connectivity index (χ2n) is 2.99. The third kappa shape index (κ3) is 2.19. The zero-order valence-electron chi connectivity index (χ0n) is 7.85. The standard InChI is InChI=1S/C10H8O5/c1-5-2-3-6(8(11)10(14)15)7(4-5)9(12)13/h2-4H,1H3,(H,12,13)(H,14,15). The molecular weight excluding hydrogens is 200 g/mol. The highest BCUT2D eigenvalue weighted by Crippen LogP contribution is 2.12. The lowest BCUT2D eigenvalue weighted by atomic mass is 10.0. The van der Waals surface area contributed by atoms with Crippen molar-refractivity contribution in [1.82, 2.24) is 0 Å². The molecular formula is C10H8O5. The molecule has 0 saturated heterocycles. The van der Waals surface area contributed by atoms with Crippen LogP contribution in [0.5, 0.6) is 0 Å². The lowest BCUT2D eigenvalue weighted by Crippen LogP contribution is -2.17. The average molecular weight is 208 g/mol. The molecule has 1 rings (SSSR count). The highest BCUT2D eigenvalue weighted by molar-refractivity contribution is 6.41. The average Bonchev–Trinajstić information content (AvgIpc) is 2.16. The van der Waals surface area contributed by atoms with Crippen LogP contribution >= 0.6 is 0 Å². The van der Waals surface area contributed by atoms with E-state index in [-0.39, 0.29) is 11.1 Å². The van der Waals surface area contributed by atoms with Crippen molar-refractivity contribution in [2.24, 2.45) is 0 Å². The fourth-order valence-electron chi connectivity index (χ4n) is 1.15. The molecule has 0 saturated carbocycles. The molecule has 0 unspecified atom stereocenters. The van der Waals surface area contributed by atoms with E-state index < -0.39 is 17.7 Å². The van der Waals surface area contributed by atoms with Gasteiger partial charge in [-0.2, -0.15) is 0 Å². The van der Waals surface area contributed by atoms with Gasteiger partial charge in [-0.3, -0.25) is 4.79 Å². The Morgan fingerprint density at radius 3 is 2.13 bits per heavy atom. The van der Waals surface area contributed by atoms with Crippen LogP contribution in [0.2, 0.25) is 0 Å². The molecule has 0 radical (unpaired) electrons. The van der Waals surface area contributed by atoms with Crippen LogP contribution in [0.4, 0.5) is 0 Å². The smallest absolute Gasteiger partial charge is 0.377 e. The Morgan fingerprint density at radius 2 is 1.67 bits per heavy atom. The van der Waals surface area contributed by atoms with Gasteiger partial charge >= 0.3 is 11.9 Å². The van der Waals surface area contributed by atoms with Gasteiger partial charge in [0.2, 0.25) is 0 Å². The normalized spacial score (nSPS) is 9.67. The van der Waals surface area contributed by atoms with Crippen molar-refractivity contribution in [2.75, 3.05) is 0 Å². The SMILES string of the molecule is Cc1ccc(C(=O)C(=O)O)c(C(=O)O)c1. The third-order valence-corrected chi connectivity index (χ3v) is 1.84. The summed E-state index contributed by atoms with van der Waals surface area (Å²) >= 11 is 0. The van der Waals surface area contributed by atoms with Crippen LogP contribution in [-0.2, 0) is 4.79 Å². The number of aromatic carboxylic acids is 1. The Morgan fingerprint density at radius 1 is 1.07 bits per heavy atom. The van der Waals surface area contributed by atoms with E-state index in [9.17, 15) is 14.4 Å². The molecule has 0 spiro atoms. The summed E-state index contributed by atoms with van der Waals surface area (Å²) in [5.74, 6) is -4.20. The highest BCUT2D eigenvalue weighted by Gasteiger charge is 2.21. The number of hydrogen-bond acceptors (Lipinski definition) is 3. The van der Waals surface area contributed by atoms with Gasteiger partial charge in [-0.05, 0) is 19.1 Å². The summed E-state index contributed by atoms with van der Waals surface area (Å²) in [6.07, 6.45) is 0. The predicted octanol–water partition coefficient (Wildman–Crippen LogP) is 0.961. The number of benzene rings is 1. The maximum Gasteiger partial charge on any atom is 0.377 e. The number of aliphatic carboxylic acids is 1. The molecule has 0 aliphatic heterocycles. The molecule has 5 nitrogen and oxygen atoms in total. The molecule has 0 aliphatic carbocycles. The monoisotopic (exact) mass is 208 g/mol. The van der Waals surface area contributed by atoms with Gasteiger partial charge in [0, 0.05) is 5.56 Å². The number of carboxylic acid groups (broad SMARTS) is 2. The summed E-state index contributed by atoms with van der Waals surface area (Å²) in [6.45, 7) is 1.65. The Kier molecular flexibility index (Phi) is 2.85. The molecule has 2 N–H and O–H groups in total. The topological polar surface area (TPSA) is 91.7 Å². The van der Waals surface area contributed by atoms with Crippen molar-refractivity contribution in [3.05, 3.63) is 34.9 Å². The number of carboxylic acids is 2.